The molecule has 2 rings (SSSR count). The van der Waals surface area contributed by atoms with Gasteiger partial charge in [-0.15, -0.1) is 0 Å². The van der Waals surface area contributed by atoms with Gasteiger partial charge in [-0.25, -0.2) is 16.8 Å². The van der Waals surface area contributed by atoms with Gasteiger partial charge in [0.25, 0.3) is 0 Å². The Balaban J connectivity index is 0.000000842. The van der Waals surface area contributed by atoms with Crippen molar-refractivity contribution in [3.63, 3.8) is 0 Å². The van der Waals surface area contributed by atoms with Crippen LogP contribution in [0.15, 0.2) is 70.5 Å². The maximum absolute atomic E-state index is 11.1. The molecule has 0 aliphatic rings. The molecule has 2 aromatic rings. The normalized spacial score (nSPS) is 11.8. The van der Waals surface area contributed by atoms with E-state index in [1.165, 1.54) is 102 Å². The fourth-order valence-corrected chi connectivity index (χ4v) is 6.24. The molecule has 0 saturated heterocycles. The molecule has 248 valence electrons. The van der Waals surface area contributed by atoms with Crippen LogP contribution in [-0.4, -0.2) is 49.0 Å². The maximum Gasteiger partial charge on any atom is 2.00 e. The summed E-state index contributed by atoms with van der Waals surface area (Å²) in [5.74, 6) is 0. The first-order valence-corrected chi connectivity index (χ1v) is 19.4. The molecule has 0 aromatic heterocycles. The van der Waals surface area contributed by atoms with Gasteiger partial charge < -0.3 is 9.11 Å². The van der Waals surface area contributed by atoms with Gasteiger partial charge in [-0.1, -0.05) is 164 Å². The number of hydrogen-bond acceptors (Lipinski definition) is 6. The van der Waals surface area contributed by atoms with Crippen LogP contribution in [0.2, 0.25) is 0 Å². The Labute approximate surface area is 290 Å². The molecule has 2 aromatic carbocycles. The molecule has 0 saturated carbocycles. The third-order valence-corrected chi connectivity index (χ3v) is 9.24. The summed E-state index contributed by atoms with van der Waals surface area (Å²) in [6.45, 7) is 4.45. The molecule has 0 amide bonds. The van der Waals surface area contributed by atoms with Gasteiger partial charge in [0.2, 0.25) is 0 Å². The standard InChI is InChI=1S/2C18H28O3S.Mg/c2*1-2-3-4-5-6-7-8-9-10-11-14-17-15-12-13-16-18(17)22(19,20)21;/h2*11-16H,2-10H2,1H3,(H,19,20,21);/q;;+2/p-2. The predicted octanol–water partition coefficient (Wildman–Crippen LogP) is 9.89. The van der Waals surface area contributed by atoms with E-state index in [1.807, 2.05) is 12.2 Å². The summed E-state index contributed by atoms with van der Waals surface area (Å²) in [6.07, 6.45) is 29.6. The molecule has 6 nitrogen and oxygen atoms in total. The number of unbranched alkanes of at least 4 members (excludes halogenated alkanes) is 16. The summed E-state index contributed by atoms with van der Waals surface area (Å²) < 4.78 is 66.9. The van der Waals surface area contributed by atoms with Crippen molar-refractivity contribution in [1.82, 2.24) is 0 Å². The van der Waals surface area contributed by atoms with E-state index < -0.39 is 20.2 Å². The molecule has 0 radical (unpaired) electrons. The fourth-order valence-electron chi connectivity index (χ4n) is 4.90. The third-order valence-electron chi connectivity index (χ3n) is 7.42. The van der Waals surface area contributed by atoms with Crippen molar-refractivity contribution in [2.24, 2.45) is 0 Å². The topological polar surface area (TPSA) is 114 Å². The first-order chi connectivity index (χ1) is 21.1. The molecule has 0 bridgehead atoms. The van der Waals surface area contributed by atoms with Gasteiger partial charge in [-0.05, 0) is 48.9 Å². The minimum absolute atomic E-state index is 0. The largest absolute Gasteiger partial charge is 2.00 e. The van der Waals surface area contributed by atoms with Gasteiger partial charge in [-0.3, -0.25) is 0 Å². The van der Waals surface area contributed by atoms with Crippen molar-refractivity contribution < 1.29 is 25.9 Å². The average Bonchev–Trinajstić information content (AvgIpc) is 2.99. The molecule has 0 aliphatic heterocycles. The Morgan fingerprint density at radius 2 is 0.778 bits per heavy atom. The Morgan fingerprint density at radius 3 is 1.09 bits per heavy atom. The van der Waals surface area contributed by atoms with E-state index in [9.17, 15) is 25.9 Å². The zero-order valence-corrected chi connectivity index (χ0v) is 30.7. The van der Waals surface area contributed by atoms with Gasteiger partial charge in [-0.2, -0.15) is 0 Å². The molecule has 0 atom stereocenters. The monoisotopic (exact) mass is 670 g/mol. The van der Waals surface area contributed by atoms with E-state index in [2.05, 4.69) is 13.8 Å². The van der Waals surface area contributed by atoms with Gasteiger partial charge in [0.15, 0.2) is 0 Å². The van der Waals surface area contributed by atoms with Crippen LogP contribution in [0.25, 0.3) is 12.2 Å². The molecule has 0 fully saturated rings. The molecule has 0 N–H and O–H groups in total. The molecule has 0 spiro atoms. The minimum atomic E-state index is -4.40. The molecule has 0 aliphatic carbocycles. The van der Waals surface area contributed by atoms with Crippen LogP contribution in [-0.2, 0) is 20.2 Å². The van der Waals surface area contributed by atoms with Gasteiger partial charge in [0.05, 0.1) is 9.79 Å². The molecular weight excluding hydrogens is 617 g/mol. The van der Waals surface area contributed by atoms with Crippen LogP contribution < -0.4 is 0 Å². The smallest absolute Gasteiger partial charge is 0.744 e. The Morgan fingerprint density at radius 1 is 0.489 bits per heavy atom. The second kappa shape index (κ2) is 26.6. The molecule has 45 heavy (non-hydrogen) atoms. The van der Waals surface area contributed by atoms with Crippen LogP contribution in [0.5, 0.6) is 0 Å². The number of hydrogen-bond donors (Lipinski definition) is 0. The number of rotatable bonds is 22. The van der Waals surface area contributed by atoms with Crippen molar-refractivity contribution in [3.05, 3.63) is 71.8 Å². The minimum Gasteiger partial charge on any atom is -0.744 e. The van der Waals surface area contributed by atoms with Crippen LogP contribution >= 0.6 is 0 Å². The Kier molecular flexibility index (Phi) is 25.7. The Hall–Kier alpha value is -1.49. The molecule has 0 unspecified atom stereocenters. The van der Waals surface area contributed by atoms with Crippen molar-refractivity contribution in [2.45, 2.75) is 139 Å². The summed E-state index contributed by atoms with van der Waals surface area (Å²) in [7, 11) is -8.79. The van der Waals surface area contributed by atoms with Crippen molar-refractivity contribution in [2.75, 3.05) is 0 Å². The first kappa shape index (κ1) is 43.5. The van der Waals surface area contributed by atoms with Crippen LogP contribution in [0.3, 0.4) is 0 Å². The van der Waals surface area contributed by atoms with Crippen LogP contribution in [0.1, 0.15) is 141 Å². The average molecular weight is 671 g/mol. The second-order valence-corrected chi connectivity index (χ2v) is 14.0. The van der Waals surface area contributed by atoms with E-state index >= 15 is 0 Å². The van der Waals surface area contributed by atoms with E-state index in [0.29, 0.717) is 11.1 Å². The predicted molar refractivity (Wildman–Crippen MR) is 187 cm³/mol. The summed E-state index contributed by atoms with van der Waals surface area (Å²) >= 11 is 0. The maximum atomic E-state index is 11.1. The first-order valence-electron chi connectivity index (χ1n) is 16.5. The second-order valence-electron chi connectivity index (χ2n) is 11.3. The van der Waals surface area contributed by atoms with E-state index in [0.717, 1.165) is 25.7 Å². The van der Waals surface area contributed by atoms with Crippen LogP contribution in [0, 0.1) is 0 Å². The summed E-state index contributed by atoms with van der Waals surface area (Å²) in [4.78, 5) is -0.274. The van der Waals surface area contributed by atoms with Gasteiger partial charge >= 0.3 is 23.1 Å². The van der Waals surface area contributed by atoms with Gasteiger partial charge in [0, 0.05) is 0 Å². The Bertz CT molecular complexity index is 1200. The number of allylic oxidation sites excluding steroid dienone is 2. The SMILES string of the molecule is CCCCCCCCCCC=Cc1ccccc1S(=O)(=O)[O-].CCCCCCCCCCC=Cc1ccccc1S(=O)(=O)[O-].[Mg+2]. The molecule has 9 heteroatoms. The van der Waals surface area contributed by atoms with Crippen molar-refractivity contribution in [1.29, 1.82) is 0 Å². The third kappa shape index (κ3) is 21.8. The summed E-state index contributed by atoms with van der Waals surface area (Å²) in [6, 6.07) is 12.7. The number of benzene rings is 2. The van der Waals surface area contributed by atoms with Gasteiger partial charge in [0.1, 0.15) is 20.2 Å². The van der Waals surface area contributed by atoms with Crippen molar-refractivity contribution >= 4 is 55.4 Å². The quantitative estimate of drug-likeness (QED) is 0.0700. The van der Waals surface area contributed by atoms with E-state index in [-0.39, 0.29) is 32.8 Å². The molecular formula is C36H54MgO6S2. The molecule has 0 heterocycles. The van der Waals surface area contributed by atoms with Crippen molar-refractivity contribution in [3.8, 4) is 0 Å². The summed E-state index contributed by atoms with van der Waals surface area (Å²) in [5, 5.41) is 0. The summed E-state index contributed by atoms with van der Waals surface area (Å²) in [5.41, 5.74) is 0.967. The zero-order valence-electron chi connectivity index (χ0n) is 27.6. The fraction of sp³-hybridized carbons (Fsp3) is 0.556. The van der Waals surface area contributed by atoms with Crippen LogP contribution in [0.4, 0.5) is 0 Å². The van der Waals surface area contributed by atoms with E-state index in [1.54, 1.807) is 48.6 Å². The zero-order chi connectivity index (χ0) is 32.5. The van der Waals surface area contributed by atoms with E-state index in [4.69, 9.17) is 0 Å².